The number of carbonyl (C=O) groups is 1. The molecule has 0 radical (unpaired) electrons. The van der Waals surface area contributed by atoms with E-state index in [2.05, 4.69) is 20.4 Å². The van der Waals surface area contributed by atoms with Crippen molar-refractivity contribution in [1.29, 1.82) is 0 Å². The number of furan rings is 1. The van der Waals surface area contributed by atoms with Crippen molar-refractivity contribution in [2.24, 2.45) is 0 Å². The van der Waals surface area contributed by atoms with Crippen LogP contribution in [0.5, 0.6) is 0 Å². The molecule has 0 aliphatic carbocycles. The number of alkyl halides is 3. The van der Waals surface area contributed by atoms with E-state index in [0.29, 0.717) is 29.9 Å². The molecular formula is C18H20F3N5O2S. The molecule has 0 saturated heterocycles. The SMILES string of the molecule is Cc1nc2nc(C(F)(F)F)nn2c(C)c1CCC(=O)NCCSCc1ccco1. The van der Waals surface area contributed by atoms with Crippen LogP contribution < -0.4 is 5.32 Å². The van der Waals surface area contributed by atoms with Gasteiger partial charge >= 0.3 is 6.18 Å². The van der Waals surface area contributed by atoms with Crippen LogP contribution >= 0.6 is 11.8 Å². The van der Waals surface area contributed by atoms with Crippen molar-refractivity contribution >= 4 is 23.4 Å². The highest BCUT2D eigenvalue weighted by Gasteiger charge is 2.36. The normalized spacial score (nSPS) is 11.9. The van der Waals surface area contributed by atoms with Crippen LogP contribution in [-0.2, 0) is 23.1 Å². The average Bonchev–Trinajstić information content (AvgIpc) is 3.30. The molecule has 0 bridgehead atoms. The van der Waals surface area contributed by atoms with Crippen LogP contribution in [0.2, 0.25) is 0 Å². The standard InChI is InChI=1S/C18H20F3N5O2S/c1-11-14(12(2)26-17(23-11)24-16(25-26)18(19,20)21)5-6-15(27)22-7-9-29-10-13-4-3-8-28-13/h3-4,8H,5-7,9-10H2,1-2H3,(H,22,27). The molecule has 0 spiro atoms. The molecule has 156 valence electrons. The van der Waals surface area contributed by atoms with Crippen LogP contribution in [0.1, 0.15) is 35.0 Å². The molecule has 0 aromatic carbocycles. The van der Waals surface area contributed by atoms with Crippen molar-refractivity contribution < 1.29 is 22.4 Å². The van der Waals surface area contributed by atoms with Gasteiger partial charge in [-0.1, -0.05) is 0 Å². The number of aromatic nitrogens is 4. The van der Waals surface area contributed by atoms with E-state index in [1.54, 1.807) is 31.9 Å². The number of halogens is 3. The van der Waals surface area contributed by atoms with Gasteiger partial charge in [-0.25, -0.2) is 9.50 Å². The van der Waals surface area contributed by atoms with E-state index in [4.69, 9.17) is 4.42 Å². The van der Waals surface area contributed by atoms with Gasteiger partial charge in [-0.3, -0.25) is 4.79 Å². The quantitative estimate of drug-likeness (QED) is 0.555. The minimum Gasteiger partial charge on any atom is -0.468 e. The molecular weight excluding hydrogens is 407 g/mol. The number of carbonyl (C=O) groups excluding carboxylic acids is 1. The molecule has 0 saturated carbocycles. The highest BCUT2D eigenvalue weighted by atomic mass is 32.2. The molecule has 1 N–H and O–H groups in total. The number of amides is 1. The van der Waals surface area contributed by atoms with Gasteiger partial charge in [0.05, 0.1) is 12.0 Å². The summed E-state index contributed by atoms with van der Waals surface area (Å²) in [6, 6.07) is 3.73. The fourth-order valence-electron chi connectivity index (χ4n) is 2.85. The van der Waals surface area contributed by atoms with Crippen LogP contribution in [0.4, 0.5) is 13.2 Å². The lowest BCUT2D eigenvalue weighted by Crippen LogP contribution is -2.26. The topological polar surface area (TPSA) is 85.3 Å². The smallest absolute Gasteiger partial charge is 0.453 e. The monoisotopic (exact) mass is 427 g/mol. The largest absolute Gasteiger partial charge is 0.468 e. The molecule has 0 aliphatic rings. The molecule has 11 heteroatoms. The number of rotatable bonds is 8. The van der Waals surface area contributed by atoms with Crippen molar-refractivity contribution in [2.45, 2.75) is 38.6 Å². The van der Waals surface area contributed by atoms with E-state index in [0.717, 1.165) is 21.8 Å². The van der Waals surface area contributed by atoms with E-state index in [-0.39, 0.29) is 18.1 Å². The first kappa shape index (κ1) is 21.2. The number of hydrogen-bond acceptors (Lipinski definition) is 6. The number of aryl methyl sites for hydroxylation is 2. The van der Waals surface area contributed by atoms with E-state index in [1.807, 2.05) is 12.1 Å². The molecule has 0 fully saturated rings. The first-order chi connectivity index (χ1) is 13.8. The Morgan fingerprint density at radius 3 is 2.79 bits per heavy atom. The van der Waals surface area contributed by atoms with E-state index >= 15 is 0 Å². The molecule has 3 aromatic heterocycles. The predicted molar refractivity (Wildman–Crippen MR) is 101 cm³/mol. The molecule has 1 amide bonds. The van der Waals surface area contributed by atoms with Gasteiger partial charge in [0.15, 0.2) is 0 Å². The van der Waals surface area contributed by atoms with Crippen molar-refractivity contribution in [3.8, 4) is 0 Å². The van der Waals surface area contributed by atoms with Gasteiger partial charge in [-0.05, 0) is 38.0 Å². The number of thioether (sulfide) groups is 1. The Kier molecular flexibility index (Phi) is 6.46. The van der Waals surface area contributed by atoms with Gasteiger partial charge in [0, 0.05) is 30.1 Å². The van der Waals surface area contributed by atoms with Gasteiger partial charge in [0.2, 0.25) is 5.91 Å². The number of fused-ring (bicyclic) bond motifs is 1. The molecule has 3 heterocycles. The van der Waals surface area contributed by atoms with Crippen molar-refractivity contribution in [3.63, 3.8) is 0 Å². The van der Waals surface area contributed by atoms with Gasteiger partial charge in [-0.2, -0.15) is 29.9 Å². The fraction of sp³-hybridized carbons (Fsp3) is 0.444. The summed E-state index contributed by atoms with van der Waals surface area (Å²) in [7, 11) is 0. The first-order valence-corrected chi connectivity index (χ1v) is 10.1. The minimum absolute atomic E-state index is 0.103. The highest BCUT2D eigenvalue weighted by molar-refractivity contribution is 7.98. The third-order valence-corrected chi connectivity index (χ3v) is 5.28. The lowest BCUT2D eigenvalue weighted by atomic mass is 10.1. The summed E-state index contributed by atoms with van der Waals surface area (Å²) >= 11 is 1.65. The minimum atomic E-state index is -4.64. The Morgan fingerprint density at radius 2 is 2.10 bits per heavy atom. The Hall–Kier alpha value is -2.56. The summed E-state index contributed by atoms with van der Waals surface area (Å²) < 4.78 is 44.8. The van der Waals surface area contributed by atoms with Crippen LogP contribution in [0.3, 0.4) is 0 Å². The molecule has 0 aliphatic heterocycles. The molecule has 3 aromatic rings. The van der Waals surface area contributed by atoms with Crippen LogP contribution in [0.25, 0.3) is 5.78 Å². The molecule has 0 atom stereocenters. The Bertz CT molecular complexity index is 986. The third kappa shape index (κ3) is 5.28. The Labute approximate surface area is 169 Å². The lowest BCUT2D eigenvalue weighted by Gasteiger charge is -2.10. The maximum absolute atomic E-state index is 12.8. The highest BCUT2D eigenvalue weighted by Crippen LogP contribution is 2.27. The summed E-state index contributed by atoms with van der Waals surface area (Å²) in [5.41, 5.74) is 1.73. The second kappa shape index (κ2) is 8.85. The van der Waals surface area contributed by atoms with Crippen LogP contribution in [0, 0.1) is 13.8 Å². The zero-order chi connectivity index (χ0) is 21.0. The summed E-state index contributed by atoms with van der Waals surface area (Å²) in [5, 5.41) is 6.35. The number of hydrogen-bond donors (Lipinski definition) is 1. The zero-order valence-corrected chi connectivity index (χ0v) is 16.7. The maximum atomic E-state index is 12.8. The summed E-state index contributed by atoms with van der Waals surface area (Å²) in [4.78, 5) is 19.6. The Balaban J connectivity index is 1.53. The zero-order valence-electron chi connectivity index (χ0n) is 15.9. The maximum Gasteiger partial charge on any atom is 0.453 e. The Morgan fingerprint density at radius 1 is 1.31 bits per heavy atom. The number of nitrogens with one attached hydrogen (secondary N) is 1. The average molecular weight is 427 g/mol. The fourth-order valence-corrected chi connectivity index (χ4v) is 3.60. The van der Waals surface area contributed by atoms with Crippen LogP contribution in [0.15, 0.2) is 22.8 Å². The molecule has 3 rings (SSSR count). The van der Waals surface area contributed by atoms with E-state index in [1.165, 1.54) is 0 Å². The van der Waals surface area contributed by atoms with Gasteiger partial charge in [-0.15, -0.1) is 5.10 Å². The van der Waals surface area contributed by atoms with Gasteiger partial charge in [0.25, 0.3) is 11.6 Å². The van der Waals surface area contributed by atoms with Crippen molar-refractivity contribution in [2.75, 3.05) is 12.3 Å². The summed E-state index contributed by atoms with van der Waals surface area (Å²) in [6.45, 7) is 3.86. The molecule has 7 nitrogen and oxygen atoms in total. The van der Waals surface area contributed by atoms with Crippen molar-refractivity contribution in [1.82, 2.24) is 24.9 Å². The molecule has 29 heavy (non-hydrogen) atoms. The predicted octanol–water partition coefficient (Wildman–Crippen LogP) is 3.34. The lowest BCUT2D eigenvalue weighted by molar-refractivity contribution is -0.144. The first-order valence-electron chi connectivity index (χ1n) is 8.92. The van der Waals surface area contributed by atoms with Gasteiger partial charge < -0.3 is 9.73 Å². The second-order valence-corrected chi connectivity index (χ2v) is 7.49. The second-order valence-electron chi connectivity index (χ2n) is 6.39. The molecule has 0 unspecified atom stereocenters. The van der Waals surface area contributed by atoms with Crippen molar-refractivity contribution in [3.05, 3.63) is 46.9 Å². The summed E-state index contributed by atoms with van der Waals surface area (Å²) in [5.74, 6) is 0.916. The van der Waals surface area contributed by atoms with E-state index in [9.17, 15) is 18.0 Å². The third-order valence-electron chi connectivity index (χ3n) is 4.30. The number of nitrogens with zero attached hydrogens (tertiary/aromatic N) is 4. The van der Waals surface area contributed by atoms with Crippen LogP contribution in [-0.4, -0.2) is 37.8 Å². The van der Waals surface area contributed by atoms with Gasteiger partial charge in [0.1, 0.15) is 5.76 Å². The van der Waals surface area contributed by atoms with E-state index < -0.39 is 12.0 Å². The summed E-state index contributed by atoms with van der Waals surface area (Å²) in [6.07, 6.45) is -2.45.